The molecule has 0 spiro atoms. The molecule has 1 N–H and O–H groups in total. The highest BCUT2D eigenvalue weighted by Gasteiger charge is 2.21. The lowest BCUT2D eigenvalue weighted by Crippen LogP contribution is -2.39. The van der Waals surface area contributed by atoms with E-state index in [1.165, 1.54) is 18.4 Å². The molecule has 0 saturated heterocycles. The maximum atomic E-state index is 12.1. The van der Waals surface area contributed by atoms with Crippen LogP contribution < -0.4 is 5.32 Å². The Labute approximate surface area is 124 Å². The minimum atomic E-state index is -0.681. The van der Waals surface area contributed by atoms with Crippen molar-refractivity contribution in [2.75, 3.05) is 7.11 Å². The van der Waals surface area contributed by atoms with Crippen LogP contribution >= 0.6 is 22.7 Å². The summed E-state index contributed by atoms with van der Waals surface area (Å²) >= 11 is 2.90. The number of methoxy groups -OCH3 is 1. The van der Waals surface area contributed by atoms with Gasteiger partial charge in [-0.2, -0.15) is 0 Å². The molecule has 2 aromatic heterocycles. The molecule has 1 atom stereocenters. The quantitative estimate of drug-likeness (QED) is 0.881. The van der Waals surface area contributed by atoms with Crippen LogP contribution in [0.3, 0.4) is 0 Å². The van der Waals surface area contributed by atoms with Crippen molar-refractivity contribution in [1.29, 1.82) is 0 Å². The number of amides is 1. The number of thiophene rings is 1. The largest absolute Gasteiger partial charge is 0.467 e. The summed E-state index contributed by atoms with van der Waals surface area (Å²) in [5.41, 5.74) is 0.660. The van der Waals surface area contributed by atoms with Crippen molar-refractivity contribution in [3.63, 3.8) is 0 Å². The molecule has 106 valence electrons. The Balaban J connectivity index is 2.17. The van der Waals surface area contributed by atoms with E-state index in [1.54, 1.807) is 25.2 Å². The molecule has 0 bridgehead atoms. The first-order valence-electron chi connectivity index (χ1n) is 5.93. The van der Waals surface area contributed by atoms with E-state index < -0.39 is 12.0 Å². The number of aryl methyl sites for hydroxylation is 1. The fourth-order valence-electron chi connectivity index (χ4n) is 1.61. The molecular formula is C13H14N2O3S2. The van der Waals surface area contributed by atoms with Gasteiger partial charge >= 0.3 is 5.97 Å². The molecule has 0 aliphatic rings. The Kier molecular flexibility index (Phi) is 4.51. The Morgan fingerprint density at radius 1 is 1.45 bits per heavy atom. The molecule has 2 heterocycles. The van der Waals surface area contributed by atoms with Crippen LogP contribution in [0.2, 0.25) is 0 Å². The molecule has 0 aromatic carbocycles. The molecule has 7 heteroatoms. The summed E-state index contributed by atoms with van der Waals surface area (Å²) < 4.78 is 4.58. The van der Waals surface area contributed by atoms with Gasteiger partial charge in [0.1, 0.15) is 15.9 Å². The number of rotatable bonds is 4. The van der Waals surface area contributed by atoms with Crippen molar-refractivity contribution >= 4 is 34.6 Å². The van der Waals surface area contributed by atoms with Crippen molar-refractivity contribution in [2.45, 2.75) is 19.9 Å². The maximum absolute atomic E-state index is 12.1. The van der Waals surface area contributed by atoms with Gasteiger partial charge in [0.05, 0.1) is 17.7 Å². The second kappa shape index (κ2) is 6.15. The van der Waals surface area contributed by atoms with Crippen molar-refractivity contribution in [1.82, 2.24) is 10.3 Å². The predicted octanol–water partition coefficient (Wildman–Crippen LogP) is 2.47. The lowest BCUT2D eigenvalue weighted by molar-refractivity contribution is -0.142. The minimum Gasteiger partial charge on any atom is -0.467 e. The zero-order chi connectivity index (χ0) is 14.7. The summed E-state index contributed by atoms with van der Waals surface area (Å²) in [5, 5.41) is 5.38. The molecule has 2 rings (SSSR count). The molecule has 1 unspecified atom stereocenters. The average molecular weight is 310 g/mol. The molecule has 0 saturated carbocycles. The fraction of sp³-hybridized carbons (Fsp3) is 0.308. The second-order valence-corrected chi connectivity index (χ2v) is 6.08. The molecule has 5 nitrogen and oxygen atoms in total. The van der Waals surface area contributed by atoms with E-state index >= 15 is 0 Å². The van der Waals surface area contributed by atoms with Gasteiger partial charge in [-0.05, 0) is 25.3 Å². The van der Waals surface area contributed by atoms with Crippen LogP contribution in [-0.2, 0) is 9.53 Å². The lowest BCUT2D eigenvalue weighted by atomic mass is 10.3. The van der Waals surface area contributed by atoms with Crippen LogP contribution in [0.4, 0.5) is 0 Å². The third-order valence-corrected chi connectivity index (χ3v) is 4.83. The number of thiazole rings is 1. The number of hydrogen-bond acceptors (Lipinski definition) is 6. The molecule has 0 aliphatic carbocycles. The van der Waals surface area contributed by atoms with Crippen LogP contribution in [0.1, 0.15) is 22.3 Å². The van der Waals surface area contributed by atoms with Gasteiger partial charge < -0.3 is 10.1 Å². The third kappa shape index (κ3) is 3.05. The minimum absolute atomic E-state index is 0.305. The Morgan fingerprint density at radius 2 is 2.20 bits per heavy atom. The number of carbonyl (C=O) groups is 2. The maximum Gasteiger partial charge on any atom is 0.328 e. The number of ether oxygens (including phenoxy) is 1. The summed E-state index contributed by atoms with van der Waals surface area (Å²) in [5.74, 6) is -0.778. The molecule has 0 fully saturated rings. The number of nitrogens with one attached hydrogen (secondary N) is 1. The van der Waals surface area contributed by atoms with Gasteiger partial charge in [-0.3, -0.25) is 4.79 Å². The van der Waals surface area contributed by atoms with Gasteiger partial charge in [0, 0.05) is 0 Å². The van der Waals surface area contributed by atoms with E-state index in [4.69, 9.17) is 0 Å². The highest BCUT2D eigenvalue weighted by Crippen LogP contribution is 2.30. The van der Waals surface area contributed by atoms with E-state index in [9.17, 15) is 9.59 Å². The van der Waals surface area contributed by atoms with Gasteiger partial charge in [0.15, 0.2) is 0 Å². The van der Waals surface area contributed by atoms with Crippen molar-refractivity contribution in [3.05, 3.63) is 28.1 Å². The van der Waals surface area contributed by atoms with Crippen molar-refractivity contribution in [2.24, 2.45) is 0 Å². The molecule has 0 aliphatic heterocycles. The summed E-state index contributed by atoms with van der Waals surface area (Å²) in [6.07, 6.45) is 0. The first kappa shape index (κ1) is 14.7. The Hall–Kier alpha value is -1.73. The molecule has 2 aromatic rings. The first-order chi connectivity index (χ1) is 9.52. The standard InChI is InChI=1S/C13H14N2O3S2/c1-7-10(11(16)14-8(2)13(17)18-3)20-12(15-7)9-5-4-6-19-9/h4-6,8H,1-3H3,(H,14,16). The van der Waals surface area contributed by atoms with Gasteiger partial charge in [-0.1, -0.05) is 6.07 Å². The third-order valence-electron chi connectivity index (χ3n) is 2.64. The van der Waals surface area contributed by atoms with Crippen LogP contribution in [-0.4, -0.2) is 30.0 Å². The molecule has 0 radical (unpaired) electrons. The van der Waals surface area contributed by atoms with Gasteiger partial charge in [0.2, 0.25) is 0 Å². The topological polar surface area (TPSA) is 68.3 Å². The number of aromatic nitrogens is 1. The normalized spacial score (nSPS) is 11.9. The molecular weight excluding hydrogens is 296 g/mol. The number of hydrogen-bond donors (Lipinski definition) is 1. The predicted molar refractivity (Wildman–Crippen MR) is 79.1 cm³/mol. The second-order valence-electron chi connectivity index (χ2n) is 4.13. The van der Waals surface area contributed by atoms with E-state index in [1.807, 2.05) is 17.5 Å². The zero-order valence-electron chi connectivity index (χ0n) is 11.3. The zero-order valence-corrected chi connectivity index (χ0v) is 12.9. The van der Waals surface area contributed by atoms with Crippen LogP contribution in [0.15, 0.2) is 17.5 Å². The van der Waals surface area contributed by atoms with Crippen molar-refractivity contribution in [3.8, 4) is 9.88 Å². The lowest BCUT2D eigenvalue weighted by Gasteiger charge is -2.10. The van der Waals surface area contributed by atoms with Crippen LogP contribution in [0.25, 0.3) is 9.88 Å². The smallest absolute Gasteiger partial charge is 0.328 e. The van der Waals surface area contributed by atoms with Gasteiger partial charge in [0.25, 0.3) is 5.91 Å². The fourth-order valence-corrected chi connectivity index (χ4v) is 3.38. The SMILES string of the molecule is COC(=O)C(C)NC(=O)c1sc(-c2cccs2)nc1C. The van der Waals surface area contributed by atoms with E-state index in [2.05, 4.69) is 15.0 Å². The summed E-state index contributed by atoms with van der Waals surface area (Å²) in [6.45, 7) is 3.37. The number of carbonyl (C=O) groups excluding carboxylic acids is 2. The summed E-state index contributed by atoms with van der Waals surface area (Å²) in [7, 11) is 1.29. The van der Waals surface area contributed by atoms with Crippen molar-refractivity contribution < 1.29 is 14.3 Å². The number of esters is 1. The van der Waals surface area contributed by atoms with Crippen LogP contribution in [0, 0.1) is 6.92 Å². The van der Waals surface area contributed by atoms with E-state index in [0.29, 0.717) is 10.6 Å². The Morgan fingerprint density at radius 3 is 2.80 bits per heavy atom. The first-order valence-corrected chi connectivity index (χ1v) is 7.62. The summed E-state index contributed by atoms with van der Waals surface area (Å²) in [6, 6.07) is 3.22. The highest BCUT2D eigenvalue weighted by atomic mass is 32.1. The molecule has 1 amide bonds. The Bertz CT molecular complexity index is 620. The number of nitrogens with zero attached hydrogens (tertiary/aromatic N) is 1. The molecule has 20 heavy (non-hydrogen) atoms. The van der Waals surface area contributed by atoms with Gasteiger partial charge in [-0.15, -0.1) is 22.7 Å². The van der Waals surface area contributed by atoms with E-state index in [0.717, 1.165) is 9.88 Å². The summed E-state index contributed by atoms with van der Waals surface area (Å²) in [4.78, 5) is 29.4. The van der Waals surface area contributed by atoms with Crippen LogP contribution in [0.5, 0.6) is 0 Å². The average Bonchev–Trinajstić information content (AvgIpc) is 3.06. The van der Waals surface area contributed by atoms with Gasteiger partial charge in [-0.25, -0.2) is 9.78 Å². The highest BCUT2D eigenvalue weighted by molar-refractivity contribution is 7.22. The monoisotopic (exact) mass is 310 g/mol. The van der Waals surface area contributed by atoms with E-state index in [-0.39, 0.29) is 5.91 Å².